The van der Waals surface area contributed by atoms with Gasteiger partial charge in [0.1, 0.15) is 0 Å². The lowest BCUT2D eigenvalue weighted by Crippen LogP contribution is -2.50. The molecule has 0 atom stereocenters. The van der Waals surface area contributed by atoms with Crippen molar-refractivity contribution < 1.29 is 9.53 Å². The number of nitrogens with one attached hydrogen (secondary N) is 1. The molecule has 3 N–H and O–H groups in total. The topological polar surface area (TPSA) is 64.4 Å². The second-order valence-corrected chi connectivity index (χ2v) is 7.00. The molecule has 1 aromatic carbocycles. The number of carbonyl (C=O) groups is 1. The number of benzene rings is 1. The van der Waals surface area contributed by atoms with Gasteiger partial charge in [0.2, 0.25) is 5.91 Å². The molecule has 120 valence electrons. The second-order valence-electron chi connectivity index (χ2n) is 6.57. The lowest BCUT2D eigenvalue weighted by Gasteiger charge is -2.35. The third-order valence-electron chi connectivity index (χ3n) is 5.22. The van der Waals surface area contributed by atoms with Crippen molar-refractivity contribution in [3.05, 3.63) is 34.9 Å². The van der Waals surface area contributed by atoms with E-state index in [2.05, 4.69) is 17.4 Å². The van der Waals surface area contributed by atoms with E-state index in [0.29, 0.717) is 39.1 Å². The number of nitrogens with two attached hydrogens (primary N) is 1. The highest BCUT2D eigenvalue weighted by atomic mass is 35.5. The number of rotatable bonds is 5. The zero-order valence-corrected chi connectivity index (χ0v) is 13.5. The Morgan fingerprint density at radius 3 is 2.36 bits per heavy atom. The fraction of sp³-hybridized carbons (Fsp3) is 0.588. The molecule has 0 spiro atoms. The van der Waals surface area contributed by atoms with Gasteiger partial charge >= 0.3 is 0 Å². The summed E-state index contributed by atoms with van der Waals surface area (Å²) >= 11 is 5.95. The van der Waals surface area contributed by atoms with E-state index < -0.39 is 5.41 Å². The highest BCUT2D eigenvalue weighted by Gasteiger charge is 2.46. The summed E-state index contributed by atoms with van der Waals surface area (Å²) in [5.74, 6) is 0.0820. The zero-order chi connectivity index (χ0) is 15.6. The summed E-state index contributed by atoms with van der Waals surface area (Å²) in [6, 6.07) is 7.96. The molecule has 1 aliphatic heterocycles. The van der Waals surface area contributed by atoms with Crippen LogP contribution in [0.25, 0.3) is 0 Å². The highest BCUT2D eigenvalue weighted by Crippen LogP contribution is 2.48. The standard InChI is InChI=1S/C17H23ClN2O2/c18-14-3-1-13(2-4-14)17(5-6-17)12-20-15(21)16(11-19)7-9-22-10-8-16/h1-4H,5-12,19H2,(H,20,21). The molecule has 1 saturated carbocycles. The molecular weight excluding hydrogens is 300 g/mol. The van der Waals surface area contributed by atoms with Crippen LogP contribution in [0, 0.1) is 5.41 Å². The Labute approximate surface area is 136 Å². The SMILES string of the molecule is NCC1(C(=O)NCC2(c3ccc(Cl)cc3)CC2)CCOCC1. The first-order valence-corrected chi connectivity index (χ1v) is 8.30. The molecule has 22 heavy (non-hydrogen) atoms. The zero-order valence-electron chi connectivity index (χ0n) is 12.7. The van der Waals surface area contributed by atoms with E-state index in [1.807, 2.05) is 12.1 Å². The van der Waals surface area contributed by atoms with Crippen molar-refractivity contribution in [3.63, 3.8) is 0 Å². The number of hydrogen-bond donors (Lipinski definition) is 2. The van der Waals surface area contributed by atoms with Gasteiger partial charge in [-0.15, -0.1) is 0 Å². The number of carbonyl (C=O) groups excluding carboxylic acids is 1. The average Bonchev–Trinajstić information content (AvgIpc) is 3.35. The first kappa shape index (κ1) is 15.8. The first-order chi connectivity index (χ1) is 10.6. The molecule has 1 amide bonds. The lowest BCUT2D eigenvalue weighted by atomic mass is 9.79. The third kappa shape index (κ3) is 3.00. The van der Waals surface area contributed by atoms with E-state index in [0.717, 1.165) is 17.9 Å². The summed E-state index contributed by atoms with van der Waals surface area (Å²) in [5, 5.41) is 3.90. The van der Waals surface area contributed by atoms with Crippen LogP contribution in [-0.4, -0.2) is 32.2 Å². The van der Waals surface area contributed by atoms with Crippen molar-refractivity contribution in [2.75, 3.05) is 26.3 Å². The van der Waals surface area contributed by atoms with Gasteiger partial charge in [-0.05, 0) is 43.4 Å². The Hall–Kier alpha value is -1.10. The molecule has 4 nitrogen and oxygen atoms in total. The summed E-state index contributed by atoms with van der Waals surface area (Å²) < 4.78 is 5.37. The molecule has 0 radical (unpaired) electrons. The van der Waals surface area contributed by atoms with Crippen molar-refractivity contribution in [3.8, 4) is 0 Å². The summed E-state index contributed by atoms with van der Waals surface area (Å²) in [4.78, 5) is 12.6. The summed E-state index contributed by atoms with van der Waals surface area (Å²) in [7, 11) is 0. The molecule has 2 fully saturated rings. The van der Waals surface area contributed by atoms with E-state index in [-0.39, 0.29) is 11.3 Å². The van der Waals surface area contributed by atoms with Gasteiger partial charge in [-0.1, -0.05) is 23.7 Å². The van der Waals surface area contributed by atoms with Gasteiger partial charge in [-0.3, -0.25) is 4.79 Å². The number of halogens is 1. The number of hydrogen-bond acceptors (Lipinski definition) is 3. The van der Waals surface area contributed by atoms with Gasteiger partial charge in [0.05, 0.1) is 5.41 Å². The monoisotopic (exact) mass is 322 g/mol. The third-order valence-corrected chi connectivity index (χ3v) is 5.47. The fourth-order valence-corrected chi connectivity index (χ4v) is 3.37. The normalized spacial score (nSPS) is 22.1. The van der Waals surface area contributed by atoms with Crippen molar-refractivity contribution in [1.82, 2.24) is 5.32 Å². The van der Waals surface area contributed by atoms with E-state index >= 15 is 0 Å². The van der Waals surface area contributed by atoms with Crippen LogP contribution in [-0.2, 0) is 14.9 Å². The van der Waals surface area contributed by atoms with Gasteiger partial charge in [-0.2, -0.15) is 0 Å². The minimum absolute atomic E-state index is 0.0820. The molecule has 0 aromatic heterocycles. The van der Waals surface area contributed by atoms with E-state index in [9.17, 15) is 4.79 Å². The molecule has 1 heterocycles. The van der Waals surface area contributed by atoms with Crippen molar-refractivity contribution >= 4 is 17.5 Å². The van der Waals surface area contributed by atoms with Crippen molar-refractivity contribution in [1.29, 1.82) is 0 Å². The fourth-order valence-electron chi connectivity index (χ4n) is 3.24. The maximum absolute atomic E-state index is 12.6. The Morgan fingerprint density at radius 2 is 1.82 bits per heavy atom. The van der Waals surface area contributed by atoms with E-state index in [1.54, 1.807) is 0 Å². The maximum Gasteiger partial charge on any atom is 0.227 e. The molecule has 1 saturated heterocycles. The van der Waals surface area contributed by atoms with Crippen LogP contribution in [0.15, 0.2) is 24.3 Å². The van der Waals surface area contributed by atoms with Crippen LogP contribution >= 0.6 is 11.6 Å². The summed E-state index contributed by atoms with van der Waals surface area (Å²) in [6.45, 7) is 2.30. The van der Waals surface area contributed by atoms with E-state index in [1.165, 1.54) is 5.56 Å². The quantitative estimate of drug-likeness (QED) is 0.874. The van der Waals surface area contributed by atoms with Gasteiger partial charge in [0.15, 0.2) is 0 Å². The molecule has 0 bridgehead atoms. The number of ether oxygens (including phenoxy) is 1. The van der Waals surface area contributed by atoms with Gasteiger partial charge < -0.3 is 15.8 Å². The highest BCUT2D eigenvalue weighted by molar-refractivity contribution is 6.30. The molecule has 2 aliphatic rings. The molecule has 1 aromatic rings. The molecule has 5 heteroatoms. The van der Waals surface area contributed by atoms with Crippen LogP contribution in [0.1, 0.15) is 31.2 Å². The summed E-state index contributed by atoms with van der Waals surface area (Å²) in [6.07, 6.45) is 3.63. The first-order valence-electron chi connectivity index (χ1n) is 7.92. The summed E-state index contributed by atoms with van der Waals surface area (Å²) in [5.41, 5.74) is 6.78. The molecular formula is C17H23ClN2O2. The van der Waals surface area contributed by atoms with Crippen LogP contribution < -0.4 is 11.1 Å². The minimum Gasteiger partial charge on any atom is -0.381 e. The Bertz CT molecular complexity index is 534. The van der Waals surface area contributed by atoms with Crippen LogP contribution in [0.2, 0.25) is 5.02 Å². The van der Waals surface area contributed by atoms with E-state index in [4.69, 9.17) is 22.1 Å². The second kappa shape index (κ2) is 6.19. The largest absolute Gasteiger partial charge is 0.381 e. The maximum atomic E-state index is 12.6. The van der Waals surface area contributed by atoms with Crippen molar-refractivity contribution in [2.45, 2.75) is 31.1 Å². The Morgan fingerprint density at radius 1 is 1.18 bits per heavy atom. The Balaban J connectivity index is 1.64. The minimum atomic E-state index is -0.450. The van der Waals surface area contributed by atoms with Gasteiger partial charge in [-0.25, -0.2) is 0 Å². The van der Waals surface area contributed by atoms with Crippen LogP contribution in [0.5, 0.6) is 0 Å². The Kier molecular flexibility index (Phi) is 4.44. The van der Waals surface area contributed by atoms with Crippen LogP contribution in [0.4, 0.5) is 0 Å². The molecule has 1 aliphatic carbocycles. The molecule has 0 unspecified atom stereocenters. The van der Waals surface area contributed by atoms with Crippen LogP contribution in [0.3, 0.4) is 0 Å². The lowest BCUT2D eigenvalue weighted by molar-refractivity contribution is -0.136. The van der Waals surface area contributed by atoms with Gasteiger partial charge in [0.25, 0.3) is 0 Å². The van der Waals surface area contributed by atoms with Gasteiger partial charge in [0, 0.05) is 36.7 Å². The smallest absolute Gasteiger partial charge is 0.227 e. The molecule has 3 rings (SSSR count). The average molecular weight is 323 g/mol. The predicted molar refractivity (Wildman–Crippen MR) is 86.9 cm³/mol. The van der Waals surface area contributed by atoms with Crippen molar-refractivity contribution in [2.24, 2.45) is 11.1 Å². The predicted octanol–water partition coefficient (Wildman–Crippen LogP) is 2.24. The number of amides is 1.